The van der Waals surface area contributed by atoms with Gasteiger partial charge in [-0.25, -0.2) is 4.18 Å². The Balaban J connectivity index is 1.91. The van der Waals surface area contributed by atoms with Gasteiger partial charge < -0.3 is 19.3 Å². The van der Waals surface area contributed by atoms with Crippen molar-refractivity contribution in [2.24, 2.45) is 0 Å². The summed E-state index contributed by atoms with van der Waals surface area (Å²) in [5, 5.41) is 17.7. The monoisotopic (exact) mass is 421 g/mol. The van der Waals surface area contributed by atoms with Crippen LogP contribution in [0.5, 0.6) is 5.75 Å². The first-order valence-electron chi connectivity index (χ1n) is 9.33. The largest absolute Gasteiger partial charge is 0.449 e. The van der Waals surface area contributed by atoms with Gasteiger partial charge in [0.1, 0.15) is 5.75 Å². The number of nitrogens with zero attached hydrogens (tertiary/aromatic N) is 1. The van der Waals surface area contributed by atoms with Crippen molar-refractivity contribution >= 4 is 28.2 Å². The summed E-state index contributed by atoms with van der Waals surface area (Å²) in [5.74, 6) is 0.167. The predicted octanol–water partition coefficient (Wildman–Crippen LogP) is 2.70. The van der Waals surface area contributed by atoms with E-state index in [0.29, 0.717) is 19.4 Å². The van der Waals surface area contributed by atoms with Gasteiger partial charge in [0, 0.05) is 25.9 Å². The van der Waals surface area contributed by atoms with Crippen LogP contribution in [0.2, 0.25) is 0 Å². The Morgan fingerprint density at radius 3 is 2.03 bits per heavy atom. The maximum atomic E-state index is 11.7. The zero-order valence-corrected chi connectivity index (χ0v) is 17.2. The molecule has 0 fully saturated rings. The Morgan fingerprint density at radius 2 is 1.48 bits per heavy atom. The van der Waals surface area contributed by atoms with Crippen LogP contribution in [0, 0.1) is 0 Å². The van der Waals surface area contributed by atoms with Gasteiger partial charge in [-0.1, -0.05) is 36.4 Å². The van der Waals surface area contributed by atoms with E-state index in [0.717, 1.165) is 16.8 Å². The molecule has 0 saturated carbocycles. The first kappa shape index (κ1) is 22.9. The number of aliphatic hydroxyl groups is 2. The van der Waals surface area contributed by atoms with Crippen molar-refractivity contribution in [3.8, 4) is 5.75 Å². The van der Waals surface area contributed by atoms with Crippen molar-refractivity contribution in [2.45, 2.75) is 12.8 Å². The first-order chi connectivity index (χ1) is 13.9. The second kappa shape index (κ2) is 11.6. The highest BCUT2D eigenvalue weighted by atomic mass is 32.3. The summed E-state index contributed by atoms with van der Waals surface area (Å²) in [6.07, 6.45) is 4.77. The van der Waals surface area contributed by atoms with E-state index in [-0.39, 0.29) is 25.6 Å². The quantitative estimate of drug-likeness (QED) is 0.402. The van der Waals surface area contributed by atoms with E-state index in [1.165, 1.54) is 0 Å². The second-order valence-electron chi connectivity index (χ2n) is 6.38. The molecule has 0 bridgehead atoms. The molecule has 0 aliphatic heterocycles. The fourth-order valence-electron chi connectivity index (χ4n) is 2.46. The maximum Gasteiger partial charge on any atom is 0.449 e. The number of anilines is 1. The zero-order chi connectivity index (χ0) is 21.1. The second-order valence-corrected chi connectivity index (χ2v) is 7.60. The molecular formula is C21H27NO6S. The number of hydrogen-bond acceptors (Lipinski definition) is 7. The molecule has 0 aliphatic rings. The van der Waals surface area contributed by atoms with E-state index in [4.69, 9.17) is 18.6 Å². The highest BCUT2D eigenvalue weighted by Crippen LogP contribution is 2.18. The molecule has 0 heterocycles. The van der Waals surface area contributed by atoms with Crippen LogP contribution in [-0.2, 0) is 14.6 Å². The smallest absolute Gasteiger partial charge is 0.396 e. The van der Waals surface area contributed by atoms with E-state index in [1.807, 2.05) is 48.4 Å². The molecule has 2 N–H and O–H groups in total. The molecule has 0 amide bonds. The Bertz CT molecular complexity index is 863. The summed E-state index contributed by atoms with van der Waals surface area (Å²) in [4.78, 5) is 1.97. The molecule has 2 rings (SSSR count). The predicted molar refractivity (Wildman–Crippen MR) is 114 cm³/mol. The van der Waals surface area contributed by atoms with Gasteiger partial charge in [-0.15, -0.1) is 0 Å². The van der Waals surface area contributed by atoms with Gasteiger partial charge in [0.25, 0.3) is 0 Å². The van der Waals surface area contributed by atoms with Crippen molar-refractivity contribution < 1.29 is 27.0 Å². The molecule has 29 heavy (non-hydrogen) atoms. The molecule has 0 aromatic heterocycles. The summed E-state index contributed by atoms with van der Waals surface area (Å²) in [6, 6.07) is 14.5. The van der Waals surface area contributed by atoms with Crippen LogP contribution in [0.25, 0.3) is 12.2 Å². The fourth-order valence-corrected chi connectivity index (χ4v) is 3.18. The third-order valence-electron chi connectivity index (χ3n) is 4.10. The van der Waals surface area contributed by atoms with E-state index >= 15 is 0 Å². The lowest BCUT2D eigenvalue weighted by atomic mass is 10.1. The van der Waals surface area contributed by atoms with Gasteiger partial charge in [-0.3, -0.25) is 0 Å². The molecule has 0 aliphatic carbocycles. The summed E-state index contributed by atoms with van der Waals surface area (Å²) in [7, 11) is -2.20. The minimum absolute atomic E-state index is 0.00977. The van der Waals surface area contributed by atoms with Gasteiger partial charge >= 0.3 is 10.4 Å². The topological polar surface area (TPSA) is 96.3 Å². The van der Waals surface area contributed by atoms with Crippen LogP contribution in [-0.4, -0.2) is 52.0 Å². The molecule has 0 spiro atoms. The third-order valence-corrected chi connectivity index (χ3v) is 4.95. The Labute approximate surface area is 172 Å². The highest BCUT2D eigenvalue weighted by Gasteiger charge is 2.13. The molecule has 0 radical (unpaired) electrons. The number of likely N-dealkylation sites (N-methyl/N-ethyl adjacent to an activating group) is 1. The molecule has 158 valence electrons. The van der Waals surface area contributed by atoms with Gasteiger partial charge in [0.15, 0.2) is 0 Å². The van der Waals surface area contributed by atoms with Crippen LogP contribution in [0.3, 0.4) is 0 Å². The van der Waals surface area contributed by atoms with E-state index in [1.54, 1.807) is 24.3 Å². The van der Waals surface area contributed by atoms with Gasteiger partial charge in [-0.2, -0.15) is 8.42 Å². The number of hydrogen-bond donors (Lipinski definition) is 2. The SMILES string of the molecule is CN(CCO)c1ccc(/C=C/c2ccc(OS(=O)(=O)OCCCCO)cc2)cc1. The lowest BCUT2D eigenvalue weighted by molar-refractivity contribution is 0.239. The minimum atomic E-state index is -4.12. The summed E-state index contributed by atoms with van der Waals surface area (Å²) in [5.41, 5.74) is 2.93. The summed E-state index contributed by atoms with van der Waals surface area (Å²) >= 11 is 0. The van der Waals surface area contributed by atoms with Crippen molar-refractivity contribution in [1.82, 2.24) is 0 Å². The first-order valence-corrected chi connectivity index (χ1v) is 10.7. The van der Waals surface area contributed by atoms with Crippen LogP contribution in [0.15, 0.2) is 48.5 Å². The van der Waals surface area contributed by atoms with Crippen molar-refractivity contribution in [2.75, 3.05) is 38.3 Å². The summed E-state index contributed by atoms with van der Waals surface area (Å²) < 4.78 is 33.1. The van der Waals surface area contributed by atoms with Crippen LogP contribution >= 0.6 is 0 Å². The minimum Gasteiger partial charge on any atom is -0.396 e. The lowest BCUT2D eigenvalue weighted by Gasteiger charge is -2.17. The number of aliphatic hydroxyl groups excluding tert-OH is 2. The Hall–Kier alpha value is -2.39. The molecule has 0 atom stereocenters. The van der Waals surface area contributed by atoms with Gasteiger partial charge in [-0.05, 0) is 48.2 Å². The number of unbranched alkanes of at least 4 members (excludes halogenated alkanes) is 1. The van der Waals surface area contributed by atoms with Crippen LogP contribution < -0.4 is 9.08 Å². The molecule has 7 nitrogen and oxygen atoms in total. The zero-order valence-electron chi connectivity index (χ0n) is 16.4. The Morgan fingerprint density at radius 1 is 0.897 bits per heavy atom. The van der Waals surface area contributed by atoms with Gasteiger partial charge in [0.2, 0.25) is 0 Å². The molecule has 0 unspecified atom stereocenters. The lowest BCUT2D eigenvalue weighted by Crippen LogP contribution is -2.20. The standard InChI is InChI=1S/C21H27NO6S/c1-22(14-16-24)20-10-6-18(7-11-20)4-5-19-8-12-21(13-9-19)28-29(25,26)27-17-3-2-15-23/h4-13,23-24H,2-3,14-17H2,1H3/b5-4+. The average molecular weight is 422 g/mol. The van der Waals surface area contributed by atoms with Crippen LogP contribution in [0.1, 0.15) is 24.0 Å². The average Bonchev–Trinajstić information content (AvgIpc) is 2.71. The number of benzene rings is 2. The molecule has 0 saturated heterocycles. The fraction of sp³-hybridized carbons (Fsp3) is 0.333. The molecule has 8 heteroatoms. The van der Waals surface area contributed by atoms with Crippen LogP contribution in [0.4, 0.5) is 5.69 Å². The van der Waals surface area contributed by atoms with E-state index in [2.05, 4.69) is 0 Å². The molecule has 2 aromatic rings. The number of rotatable bonds is 12. The summed E-state index contributed by atoms with van der Waals surface area (Å²) in [6.45, 7) is 0.643. The van der Waals surface area contributed by atoms with Crippen molar-refractivity contribution in [1.29, 1.82) is 0 Å². The normalized spacial score (nSPS) is 11.7. The van der Waals surface area contributed by atoms with E-state index in [9.17, 15) is 8.42 Å². The van der Waals surface area contributed by atoms with Gasteiger partial charge in [0.05, 0.1) is 13.2 Å². The molecular weight excluding hydrogens is 394 g/mol. The Kier molecular flexibility index (Phi) is 9.14. The maximum absolute atomic E-state index is 11.7. The third kappa shape index (κ3) is 8.25. The highest BCUT2D eigenvalue weighted by molar-refractivity contribution is 7.82. The molecule has 2 aromatic carbocycles. The van der Waals surface area contributed by atoms with Crippen molar-refractivity contribution in [3.63, 3.8) is 0 Å². The van der Waals surface area contributed by atoms with E-state index < -0.39 is 10.4 Å². The van der Waals surface area contributed by atoms with Crippen molar-refractivity contribution in [3.05, 3.63) is 59.7 Å².